The van der Waals surface area contributed by atoms with Crippen molar-refractivity contribution in [3.63, 3.8) is 0 Å². The molecule has 2 N–H and O–H groups in total. The molecule has 25 heavy (non-hydrogen) atoms. The molecule has 0 aliphatic heterocycles. The molecule has 0 aliphatic carbocycles. The quantitative estimate of drug-likeness (QED) is 0.430. The first-order chi connectivity index (χ1) is 12.1. The van der Waals surface area contributed by atoms with Gasteiger partial charge < -0.3 is 19.7 Å². The topological polar surface area (TPSA) is 76.0 Å². The summed E-state index contributed by atoms with van der Waals surface area (Å²) in [6, 6.07) is 7.41. The van der Waals surface area contributed by atoms with Crippen LogP contribution in [0.25, 0.3) is 0 Å². The molecule has 0 unspecified atom stereocenters. The monoisotopic (exact) mass is 344 g/mol. The van der Waals surface area contributed by atoms with Crippen molar-refractivity contribution >= 4 is 5.97 Å². The number of rotatable bonds is 8. The van der Waals surface area contributed by atoms with Gasteiger partial charge in [0.15, 0.2) is 0 Å². The predicted octanol–water partition coefficient (Wildman–Crippen LogP) is 2.22. The molecule has 0 amide bonds. The van der Waals surface area contributed by atoms with Gasteiger partial charge in [0.2, 0.25) is 0 Å². The Morgan fingerprint density at radius 2 is 1.92 bits per heavy atom. The molecule has 134 valence electrons. The molecule has 0 saturated carbocycles. The van der Waals surface area contributed by atoms with E-state index in [1.54, 1.807) is 25.3 Å². The van der Waals surface area contributed by atoms with E-state index in [-0.39, 0.29) is 12.4 Å². The standard InChI is InChI=1S/C20H24O5/c1-24-17-14-12-16(13-15-17)8-5-3-4-6-9-18(21)19(22)10-7-11-20(23)25-2/h3-4,6,9,12-15,18-19,21-22H,7,10-11H2,1-2H3/b4-3+,9-6+/t18-,19+/m1/s1. The lowest BCUT2D eigenvalue weighted by atomic mass is 10.1. The second kappa shape index (κ2) is 11.9. The molecule has 5 nitrogen and oxygen atoms in total. The second-order valence-electron chi connectivity index (χ2n) is 5.27. The van der Waals surface area contributed by atoms with Gasteiger partial charge in [0.25, 0.3) is 0 Å². The van der Waals surface area contributed by atoms with Crippen LogP contribution in [0.15, 0.2) is 48.6 Å². The zero-order valence-corrected chi connectivity index (χ0v) is 14.5. The van der Waals surface area contributed by atoms with Crippen molar-refractivity contribution in [2.45, 2.75) is 31.5 Å². The molecule has 0 fully saturated rings. The fourth-order valence-electron chi connectivity index (χ4n) is 1.94. The Morgan fingerprint density at radius 3 is 2.56 bits per heavy atom. The molecule has 0 heterocycles. The summed E-state index contributed by atoms with van der Waals surface area (Å²) < 4.78 is 9.59. The number of methoxy groups -OCH3 is 2. The van der Waals surface area contributed by atoms with E-state index in [1.807, 2.05) is 24.3 Å². The largest absolute Gasteiger partial charge is 0.497 e. The van der Waals surface area contributed by atoms with E-state index >= 15 is 0 Å². The zero-order chi connectivity index (χ0) is 18.5. The minimum absolute atomic E-state index is 0.227. The molecule has 0 bridgehead atoms. The third-order valence-electron chi connectivity index (χ3n) is 3.41. The third kappa shape index (κ3) is 8.75. The van der Waals surface area contributed by atoms with Gasteiger partial charge in [0.1, 0.15) is 5.75 Å². The normalized spacial score (nSPS) is 13.3. The van der Waals surface area contributed by atoms with Crippen molar-refractivity contribution in [3.8, 4) is 17.6 Å². The Hall–Kier alpha value is -2.55. The Labute approximate surface area is 148 Å². The Morgan fingerprint density at radius 1 is 1.20 bits per heavy atom. The van der Waals surface area contributed by atoms with Gasteiger partial charge in [-0.2, -0.15) is 0 Å². The SMILES string of the molecule is COC(=O)CCC[C@H](O)[C@H](O)/C=C/C=C/C#Cc1ccc(OC)cc1. The third-order valence-corrected chi connectivity index (χ3v) is 3.41. The van der Waals surface area contributed by atoms with Crippen LogP contribution in [0.5, 0.6) is 5.75 Å². The summed E-state index contributed by atoms with van der Waals surface area (Å²) in [5.41, 5.74) is 0.871. The van der Waals surface area contributed by atoms with E-state index in [0.717, 1.165) is 11.3 Å². The summed E-state index contributed by atoms with van der Waals surface area (Å²) in [6.07, 6.45) is 5.54. The van der Waals surface area contributed by atoms with Crippen LogP contribution in [-0.4, -0.2) is 42.6 Å². The van der Waals surface area contributed by atoms with Crippen molar-refractivity contribution in [3.05, 3.63) is 54.1 Å². The van der Waals surface area contributed by atoms with Crippen molar-refractivity contribution in [1.29, 1.82) is 0 Å². The summed E-state index contributed by atoms with van der Waals surface area (Å²) in [7, 11) is 2.93. The molecule has 0 spiro atoms. The molecule has 0 saturated heterocycles. The summed E-state index contributed by atoms with van der Waals surface area (Å²) in [5.74, 6) is 6.30. The number of benzene rings is 1. The summed E-state index contributed by atoms with van der Waals surface area (Å²) in [4.78, 5) is 11.0. The van der Waals surface area contributed by atoms with E-state index in [9.17, 15) is 15.0 Å². The molecule has 1 aromatic rings. The predicted molar refractivity (Wildman–Crippen MR) is 96.0 cm³/mol. The maximum Gasteiger partial charge on any atom is 0.305 e. The second-order valence-corrected chi connectivity index (χ2v) is 5.27. The summed E-state index contributed by atoms with van der Waals surface area (Å²) in [6.45, 7) is 0. The number of allylic oxidation sites excluding steroid dienone is 3. The Balaban J connectivity index is 2.36. The van der Waals surface area contributed by atoms with Crippen LogP contribution in [0.1, 0.15) is 24.8 Å². The van der Waals surface area contributed by atoms with Crippen LogP contribution in [0, 0.1) is 11.8 Å². The van der Waals surface area contributed by atoms with E-state index in [0.29, 0.717) is 12.8 Å². The van der Waals surface area contributed by atoms with Gasteiger partial charge in [0, 0.05) is 12.0 Å². The minimum atomic E-state index is -0.989. The number of carbonyl (C=O) groups excluding carboxylic acids is 1. The summed E-state index contributed by atoms with van der Waals surface area (Å²) in [5, 5.41) is 19.6. The number of hydrogen-bond donors (Lipinski definition) is 2. The van der Waals surface area contributed by atoms with Crippen LogP contribution >= 0.6 is 0 Å². The van der Waals surface area contributed by atoms with Crippen molar-refractivity contribution in [2.24, 2.45) is 0 Å². The van der Waals surface area contributed by atoms with Gasteiger partial charge in [-0.25, -0.2) is 0 Å². The smallest absolute Gasteiger partial charge is 0.305 e. The van der Waals surface area contributed by atoms with Crippen LogP contribution in [0.2, 0.25) is 0 Å². The van der Waals surface area contributed by atoms with Gasteiger partial charge in [0.05, 0.1) is 26.4 Å². The summed E-state index contributed by atoms with van der Waals surface area (Å²) >= 11 is 0. The highest BCUT2D eigenvalue weighted by Crippen LogP contribution is 2.10. The Bertz CT molecular complexity index is 634. The van der Waals surface area contributed by atoms with Crippen LogP contribution in [-0.2, 0) is 9.53 Å². The highest BCUT2D eigenvalue weighted by molar-refractivity contribution is 5.68. The Kier molecular flexibility index (Phi) is 9.76. The molecule has 1 aromatic carbocycles. The van der Waals surface area contributed by atoms with Crippen LogP contribution in [0.3, 0.4) is 0 Å². The minimum Gasteiger partial charge on any atom is -0.497 e. The first-order valence-corrected chi connectivity index (χ1v) is 7.98. The molecular weight excluding hydrogens is 320 g/mol. The first kappa shape index (κ1) is 20.5. The van der Waals surface area contributed by atoms with E-state index in [4.69, 9.17) is 4.74 Å². The van der Waals surface area contributed by atoms with Gasteiger partial charge in [-0.1, -0.05) is 30.1 Å². The number of aliphatic hydroxyl groups is 2. The highest BCUT2D eigenvalue weighted by Gasteiger charge is 2.13. The number of carbonyl (C=O) groups is 1. The average Bonchev–Trinajstić information content (AvgIpc) is 2.64. The molecular formula is C20H24O5. The van der Waals surface area contributed by atoms with E-state index in [2.05, 4.69) is 16.6 Å². The van der Waals surface area contributed by atoms with Crippen LogP contribution in [0.4, 0.5) is 0 Å². The van der Waals surface area contributed by atoms with Gasteiger partial charge in [-0.15, -0.1) is 0 Å². The molecule has 0 aromatic heterocycles. The highest BCUT2D eigenvalue weighted by atomic mass is 16.5. The molecule has 0 radical (unpaired) electrons. The fourth-order valence-corrected chi connectivity index (χ4v) is 1.94. The number of aliphatic hydroxyl groups excluding tert-OH is 2. The number of esters is 1. The lowest BCUT2D eigenvalue weighted by molar-refractivity contribution is -0.140. The number of ether oxygens (including phenoxy) is 2. The molecule has 2 atom stereocenters. The van der Waals surface area contributed by atoms with E-state index < -0.39 is 12.2 Å². The zero-order valence-electron chi connectivity index (χ0n) is 14.5. The lowest BCUT2D eigenvalue weighted by Crippen LogP contribution is -2.23. The first-order valence-electron chi connectivity index (χ1n) is 7.98. The molecule has 1 rings (SSSR count). The van der Waals surface area contributed by atoms with Gasteiger partial charge in [-0.05, 0) is 43.2 Å². The number of hydrogen-bond acceptors (Lipinski definition) is 5. The maximum absolute atomic E-state index is 11.0. The molecule has 5 heteroatoms. The van der Waals surface area contributed by atoms with Gasteiger partial charge in [-0.3, -0.25) is 4.79 Å². The fraction of sp³-hybridized carbons (Fsp3) is 0.350. The molecule has 0 aliphatic rings. The van der Waals surface area contributed by atoms with Crippen molar-refractivity contribution in [2.75, 3.05) is 14.2 Å². The van der Waals surface area contributed by atoms with Gasteiger partial charge >= 0.3 is 5.97 Å². The van der Waals surface area contributed by atoms with Crippen molar-refractivity contribution in [1.82, 2.24) is 0 Å². The van der Waals surface area contributed by atoms with Crippen molar-refractivity contribution < 1.29 is 24.5 Å². The van der Waals surface area contributed by atoms with E-state index in [1.165, 1.54) is 13.2 Å². The maximum atomic E-state index is 11.0. The van der Waals surface area contributed by atoms with Crippen LogP contribution < -0.4 is 4.74 Å². The average molecular weight is 344 g/mol. The lowest BCUT2D eigenvalue weighted by Gasteiger charge is -2.13.